The van der Waals surface area contributed by atoms with Gasteiger partial charge in [0.05, 0.1) is 6.61 Å². The molecule has 1 aromatic carbocycles. The van der Waals surface area contributed by atoms with Crippen LogP contribution < -0.4 is 10.5 Å². The first-order chi connectivity index (χ1) is 9.79. The number of rotatable bonds is 9. The average Bonchev–Trinajstić information content (AvgIpc) is 2.38. The Balaban J connectivity index is 1.67. The summed E-state index contributed by atoms with van der Waals surface area (Å²) >= 11 is 0. The number of nitrogens with zero attached hydrogens (tertiary/aromatic N) is 1. The van der Waals surface area contributed by atoms with Gasteiger partial charge in [0.25, 0.3) is 0 Å². The molecule has 1 aliphatic rings. The minimum Gasteiger partial charge on any atom is -0.493 e. The largest absolute Gasteiger partial charge is 0.493 e. The molecule has 1 saturated carbocycles. The molecule has 1 aliphatic carbocycles. The topological polar surface area (TPSA) is 58.7 Å². The molecule has 3 N–H and O–H groups in total. The first-order valence-corrected chi connectivity index (χ1v) is 7.63. The molecule has 0 amide bonds. The zero-order valence-corrected chi connectivity index (χ0v) is 12.1. The van der Waals surface area contributed by atoms with Crippen molar-refractivity contribution in [3.05, 3.63) is 24.3 Å². The molecule has 0 radical (unpaired) electrons. The molecular formula is C16H26N2O2. The number of nitrogen functional groups attached to an aromatic ring is 1. The molecule has 1 aromatic rings. The number of aliphatic hydroxyl groups excluding tert-OH is 1. The zero-order chi connectivity index (χ0) is 14.2. The van der Waals surface area contributed by atoms with Crippen LogP contribution in [0.2, 0.25) is 0 Å². The number of benzene rings is 1. The van der Waals surface area contributed by atoms with Crippen LogP contribution in [0.3, 0.4) is 0 Å². The fourth-order valence-corrected chi connectivity index (χ4v) is 2.56. The quantitative estimate of drug-likeness (QED) is 0.537. The smallest absolute Gasteiger partial charge is 0.121 e. The van der Waals surface area contributed by atoms with Crippen LogP contribution in [-0.2, 0) is 0 Å². The van der Waals surface area contributed by atoms with Crippen LogP contribution in [0.25, 0.3) is 0 Å². The molecule has 0 saturated heterocycles. The predicted molar refractivity (Wildman–Crippen MR) is 81.9 cm³/mol. The number of hydrogen-bond donors (Lipinski definition) is 2. The number of hydrogen-bond acceptors (Lipinski definition) is 4. The summed E-state index contributed by atoms with van der Waals surface area (Å²) in [5.74, 6) is 0.843. The van der Waals surface area contributed by atoms with E-state index in [-0.39, 0.29) is 6.61 Å². The fraction of sp³-hybridized carbons (Fsp3) is 0.625. The molecule has 20 heavy (non-hydrogen) atoms. The van der Waals surface area contributed by atoms with Crippen molar-refractivity contribution in [3.8, 4) is 5.75 Å². The molecule has 0 aliphatic heterocycles. The fourth-order valence-electron chi connectivity index (χ4n) is 2.56. The Bertz CT molecular complexity index is 394. The van der Waals surface area contributed by atoms with E-state index in [1.54, 1.807) is 0 Å². The molecule has 112 valence electrons. The van der Waals surface area contributed by atoms with E-state index in [0.717, 1.165) is 43.4 Å². The summed E-state index contributed by atoms with van der Waals surface area (Å²) < 4.78 is 5.72. The number of aliphatic hydroxyl groups is 1. The summed E-state index contributed by atoms with van der Waals surface area (Å²) in [5, 5.41) is 8.97. The summed E-state index contributed by atoms with van der Waals surface area (Å²) in [5.41, 5.74) is 6.46. The van der Waals surface area contributed by atoms with Gasteiger partial charge in [-0.15, -0.1) is 0 Å². The van der Waals surface area contributed by atoms with E-state index in [1.807, 2.05) is 24.3 Å². The molecule has 1 fully saturated rings. The Kier molecular flexibility index (Phi) is 6.15. The highest BCUT2D eigenvalue weighted by Crippen LogP contribution is 2.25. The van der Waals surface area contributed by atoms with Crippen molar-refractivity contribution < 1.29 is 9.84 Å². The first kappa shape index (κ1) is 15.1. The zero-order valence-electron chi connectivity index (χ0n) is 12.1. The molecule has 0 heterocycles. The molecule has 0 unspecified atom stereocenters. The summed E-state index contributed by atoms with van der Waals surface area (Å²) in [6.45, 7) is 3.04. The number of anilines is 1. The van der Waals surface area contributed by atoms with Gasteiger partial charge in [-0.25, -0.2) is 0 Å². The molecule has 4 nitrogen and oxygen atoms in total. The van der Waals surface area contributed by atoms with Crippen molar-refractivity contribution in [3.63, 3.8) is 0 Å². The third-order valence-electron chi connectivity index (χ3n) is 3.91. The van der Waals surface area contributed by atoms with E-state index in [2.05, 4.69) is 4.90 Å². The van der Waals surface area contributed by atoms with Gasteiger partial charge in [-0.05, 0) is 37.8 Å². The van der Waals surface area contributed by atoms with Crippen molar-refractivity contribution in [2.24, 2.45) is 0 Å². The maximum absolute atomic E-state index is 8.97. The van der Waals surface area contributed by atoms with Crippen molar-refractivity contribution >= 4 is 5.69 Å². The predicted octanol–water partition coefficient (Wildman–Crippen LogP) is 2.27. The Morgan fingerprint density at radius 1 is 1.25 bits per heavy atom. The lowest BCUT2D eigenvalue weighted by molar-refractivity contribution is 0.109. The Labute approximate surface area is 121 Å². The van der Waals surface area contributed by atoms with Gasteiger partial charge >= 0.3 is 0 Å². The SMILES string of the molecule is Nc1cccc(OCCCN(CCCO)C2CCC2)c1. The second-order valence-corrected chi connectivity index (χ2v) is 5.47. The second kappa shape index (κ2) is 8.12. The second-order valence-electron chi connectivity index (χ2n) is 5.47. The van der Waals surface area contributed by atoms with Crippen LogP contribution >= 0.6 is 0 Å². The van der Waals surface area contributed by atoms with E-state index in [9.17, 15) is 0 Å². The minimum absolute atomic E-state index is 0.281. The summed E-state index contributed by atoms with van der Waals surface area (Å²) in [6, 6.07) is 8.29. The van der Waals surface area contributed by atoms with Crippen molar-refractivity contribution in [2.45, 2.75) is 38.1 Å². The van der Waals surface area contributed by atoms with Crippen LogP contribution in [0, 0.1) is 0 Å². The summed E-state index contributed by atoms with van der Waals surface area (Å²) in [4.78, 5) is 2.50. The van der Waals surface area contributed by atoms with Crippen LogP contribution in [0.5, 0.6) is 5.75 Å². The van der Waals surface area contributed by atoms with Crippen molar-refractivity contribution in [2.75, 3.05) is 32.0 Å². The van der Waals surface area contributed by atoms with Gasteiger partial charge < -0.3 is 20.5 Å². The van der Waals surface area contributed by atoms with Gasteiger partial charge in [0, 0.05) is 37.5 Å². The van der Waals surface area contributed by atoms with E-state index in [0.29, 0.717) is 6.61 Å². The third-order valence-corrected chi connectivity index (χ3v) is 3.91. The molecule has 0 atom stereocenters. The van der Waals surface area contributed by atoms with E-state index >= 15 is 0 Å². The maximum atomic E-state index is 8.97. The lowest BCUT2D eigenvalue weighted by Gasteiger charge is -2.37. The molecule has 0 bridgehead atoms. The van der Waals surface area contributed by atoms with Gasteiger partial charge in [0.15, 0.2) is 0 Å². The van der Waals surface area contributed by atoms with Crippen LogP contribution in [0.15, 0.2) is 24.3 Å². The number of ether oxygens (including phenoxy) is 1. The maximum Gasteiger partial charge on any atom is 0.121 e. The first-order valence-electron chi connectivity index (χ1n) is 7.63. The Morgan fingerprint density at radius 2 is 2.05 bits per heavy atom. The highest BCUT2D eigenvalue weighted by molar-refractivity contribution is 5.43. The summed E-state index contributed by atoms with van der Waals surface area (Å²) in [6.07, 6.45) is 5.84. The van der Waals surface area contributed by atoms with E-state index in [1.165, 1.54) is 19.3 Å². The highest BCUT2D eigenvalue weighted by Gasteiger charge is 2.23. The Hall–Kier alpha value is -1.26. The van der Waals surface area contributed by atoms with Crippen LogP contribution in [-0.4, -0.2) is 42.4 Å². The van der Waals surface area contributed by atoms with Gasteiger partial charge in [-0.1, -0.05) is 12.5 Å². The minimum atomic E-state index is 0.281. The van der Waals surface area contributed by atoms with E-state index in [4.69, 9.17) is 15.6 Å². The Morgan fingerprint density at radius 3 is 2.70 bits per heavy atom. The molecule has 0 spiro atoms. The van der Waals surface area contributed by atoms with Gasteiger partial charge in [-0.2, -0.15) is 0 Å². The third kappa shape index (κ3) is 4.69. The van der Waals surface area contributed by atoms with Crippen molar-refractivity contribution in [1.82, 2.24) is 4.90 Å². The molecule has 2 rings (SSSR count). The van der Waals surface area contributed by atoms with Crippen molar-refractivity contribution in [1.29, 1.82) is 0 Å². The normalized spacial score (nSPS) is 15.3. The van der Waals surface area contributed by atoms with Gasteiger partial charge in [0.1, 0.15) is 5.75 Å². The average molecular weight is 278 g/mol. The van der Waals surface area contributed by atoms with Gasteiger partial charge in [-0.3, -0.25) is 0 Å². The lowest BCUT2D eigenvalue weighted by atomic mass is 9.91. The number of nitrogens with two attached hydrogens (primary N) is 1. The van der Waals surface area contributed by atoms with E-state index < -0.39 is 0 Å². The standard InChI is InChI=1S/C16H26N2O2/c17-14-5-1-8-16(13-14)20-12-4-10-18(9-3-11-19)15-6-2-7-15/h1,5,8,13,15,19H,2-4,6-7,9-12,17H2. The molecular weight excluding hydrogens is 252 g/mol. The molecule has 4 heteroatoms. The van der Waals surface area contributed by atoms with Crippen LogP contribution in [0.4, 0.5) is 5.69 Å². The summed E-state index contributed by atoms with van der Waals surface area (Å²) in [7, 11) is 0. The van der Waals surface area contributed by atoms with Gasteiger partial charge in [0.2, 0.25) is 0 Å². The monoisotopic (exact) mass is 278 g/mol. The highest BCUT2D eigenvalue weighted by atomic mass is 16.5. The van der Waals surface area contributed by atoms with Crippen LogP contribution in [0.1, 0.15) is 32.1 Å². The molecule has 0 aromatic heterocycles. The lowest BCUT2D eigenvalue weighted by Crippen LogP contribution is -2.41.